The zero-order valence-electron chi connectivity index (χ0n) is 14.3. The normalized spacial score (nSPS) is 10.2. The molecule has 0 unspecified atom stereocenters. The molecule has 0 radical (unpaired) electrons. The molecule has 0 aliphatic rings. The van der Waals surface area contributed by atoms with Crippen molar-refractivity contribution in [2.75, 3.05) is 17.2 Å². The maximum atomic E-state index is 14.4. The van der Waals surface area contributed by atoms with Gasteiger partial charge in [-0.25, -0.2) is 9.18 Å². The van der Waals surface area contributed by atoms with Crippen LogP contribution in [-0.2, 0) is 0 Å². The van der Waals surface area contributed by atoms with Crippen molar-refractivity contribution >= 4 is 17.4 Å². The standard InChI is InChI=1S/C21H19FN2O2/c1-2-26-20-11-7-6-10-19(20)24-21(25)23-18-13-12-16(14-17(18)22)15-8-4-3-5-9-15/h3-14H,2H2,1H3,(H2,23,24,25). The molecule has 0 spiro atoms. The van der Waals surface area contributed by atoms with Crippen molar-refractivity contribution in [1.29, 1.82) is 0 Å². The fourth-order valence-electron chi connectivity index (χ4n) is 2.55. The Bertz CT molecular complexity index is 898. The van der Waals surface area contributed by atoms with Gasteiger partial charge in [0.05, 0.1) is 18.0 Å². The molecule has 0 aliphatic carbocycles. The van der Waals surface area contributed by atoms with Crippen LogP contribution < -0.4 is 15.4 Å². The highest BCUT2D eigenvalue weighted by atomic mass is 19.1. The number of ether oxygens (including phenoxy) is 1. The first kappa shape index (κ1) is 17.5. The predicted octanol–water partition coefficient (Wildman–Crippen LogP) is 5.54. The van der Waals surface area contributed by atoms with Crippen molar-refractivity contribution < 1.29 is 13.9 Å². The molecular formula is C21H19FN2O2. The summed E-state index contributed by atoms with van der Waals surface area (Å²) in [6, 6.07) is 20.7. The molecule has 0 aliphatic heterocycles. The second-order valence-corrected chi connectivity index (χ2v) is 5.57. The Morgan fingerprint density at radius 2 is 1.58 bits per heavy atom. The smallest absolute Gasteiger partial charge is 0.323 e. The third kappa shape index (κ3) is 4.19. The van der Waals surface area contributed by atoms with Crippen molar-refractivity contribution in [3.8, 4) is 16.9 Å². The number of hydrogen-bond acceptors (Lipinski definition) is 2. The van der Waals surface area contributed by atoms with Gasteiger partial charge < -0.3 is 15.4 Å². The second kappa shape index (κ2) is 8.16. The molecule has 3 rings (SSSR count). The summed E-state index contributed by atoms with van der Waals surface area (Å²) in [5, 5.41) is 5.20. The number of amides is 2. The van der Waals surface area contributed by atoms with E-state index >= 15 is 0 Å². The summed E-state index contributed by atoms with van der Waals surface area (Å²) in [5.41, 5.74) is 2.29. The van der Waals surface area contributed by atoms with Crippen molar-refractivity contribution in [3.63, 3.8) is 0 Å². The third-order valence-corrected chi connectivity index (χ3v) is 3.76. The molecular weight excluding hydrogens is 331 g/mol. The van der Waals surface area contributed by atoms with Crippen LogP contribution in [-0.4, -0.2) is 12.6 Å². The van der Waals surface area contributed by atoms with Gasteiger partial charge in [0.25, 0.3) is 0 Å². The number of para-hydroxylation sites is 2. The Kier molecular flexibility index (Phi) is 5.49. The minimum absolute atomic E-state index is 0.107. The summed E-state index contributed by atoms with van der Waals surface area (Å²) >= 11 is 0. The van der Waals surface area contributed by atoms with Crippen molar-refractivity contribution in [3.05, 3.63) is 78.6 Å². The summed E-state index contributed by atoms with van der Waals surface area (Å²) in [7, 11) is 0. The van der Waals surface area contributed by atoms with Crippen molar-refractivity contribution in [2.45, 2.75) is 6.92 Å². The highest BCUT2D eigenvalue weighted by molar-refractivity contribution is 6.00. The number of anilines is 2. The average molecular weight is 350 g/mol. The lowest BCUT2D eigenvalue weighted by atomic mass is 10.1. The molecule has 3 aromatic rings. The monoisotopic (exact) mass is 350 g/mol. The SMILES string of the molecule is CCOc1ccccc1NC(=O)Nc1ccc(-c2ccccc2)cc1F. The van der Waals surface area contributed by atoms with E-state index in [4.69, 9.17) is 4.74 Å². The van der Waals surface area contributed by atoms with E-state index in [0.717, 1.165) is 11.1 Å². The second-order valence-electron chi connectivity index (χ2n) is 5.57. The molecule has 5 heteroatoms. The Morgan fingerprint density at radius 3 is 2.31 bits per heavy atom. The van der Waals surface area contributed by atoms with E-state index in [1.807, 2.05) is 43.3 Å². The summed E-state index contributed by atoms with van der Waals surface area (Å²) in [6.07, 6.45) is 0. The van der Waals surface area contributed by atoms with Crippen LogP contribution in [0.3, 0.4) is 0 Å². The average Bonchev–Trinajstić information content (AvgIpc) is 2.66. The van der Waals surface area contributed by atoms with Gasteiger partial charge in [-0.05, 0) is 42.3 Å². The van der Waals surface area contributed by atoms with E-state index in [-0.39, 0.29) is 5.69 Å². The van der Waals surface area contributed by atoms with E-state index in [2.05, 4.69) is 10.6 Å². The fraction of sp³-hybridized carbons (Fsp3) is 0.0952. The number of carbonyl (C=O) groups excluding carboxylic acids is 1. The van der Waals surface area contributed by atoms with Gasteiger partial charge in [-0.1, -0.05) is 48.5 Å². The molecule has 3 aromatic carbocycles. The summed E-state index contributed by atoms with van der Waals surface area (Å²) in [4.78, 5) is 12.2. The number of carbonyl (C=O) groups is 1. The van der Waals surface area contributed by atoms with Gasteiger partial charge in [0.15, 0.2) is 0 Å². The molecule has 0 saturated heterocycles. The number of urea groups is 1. The van der Waals surface area contributed by atoms with Crippen LogP contribution in [0.4, 0.5) is 20.6 Å². The molecule has 132 valence electrons. The maximum Gasteiger partial charge on any atom is 0.323 e. The summed E-state index contributed by atoms with van der Waals surface area (Å²) in [5.74, 6) is 0.0599. The molecule has 0 aromatic heterocycles. The molecule has 0 fully saturated rings. The molecule has 0 atom stereocenters. The number of rotatable bonds is 5. The van der Waals surface area contributed by atoms with Crippen LogP contribution in [0.2, 0.25) is 0 Å². The third-order valence-electron chi connectivity index (χ3n) is 3.76. The van der Waals surface area contributed by atoms with Gasteiger partial charge in [-0.2, -0.15) is 0 Å². The minimum atomic E-state index is -0.538. The predicted molar refractivity (Wildman–Crippen MR) is 102 cm³/mol. The van der Waals surface area contributed by atoms with Crippen molar-refractivity contribution in [1.82, 2.24) is 0 Å². The maximum absolute atomic E-state index is 14.4. The summed E-state index contributed by atoms with van der Waals surface area (Å²) < 4.78 is 19.8. The summed E-state index contributed by atoms with van der Waals surface area (Å²) in [6.45, 7) is 2.34. The topological polar surface area (TPSA) is 50.4 Å². The van der Waals surface area contributed by atoms with Crippen LogP contribution in [0, 0.1) is 5.82 Å². The first-order valence-electron chi connectivity index (χ1n) is 8.32. The molecule has 4 nitrogen and oxygen atoms in total. The van der Waals surface area contributed by atoms with Gasteiger partial charge in [-0.15, -0.1) is 0 Å². The van der Waals surface area contributed by atoms with Gasteiger partial charge in [0.1, 0.15) is 11.6 Å². The van der Waals surface area contributed by atoms with Crippen LogP contribution >= 0.6 is 0 Å². The van der Waals surface area contributed by atoms with Crippen LogP contribution in [0.25, 0.3) is 11.1 Å². The highest BCUT2D eigenvalue weighted by Crippen LogP contribution is 2.26. The Labute approximate surface area is 151 Å². The molecule has 0 saturated carbocycles. The quantitative estimate of drug-likeness (QED) is 0.635. The number of benzene rings is 3. The zero-order valence-corrected chi connectivity index (χ0v) is 14.3. The Balaban J connectivity index is 1.72. The van der Waals surface area contributed by atoms with E-state index in [9.17, 15) is 9.18 Å². The molecule has 0 bridgehead atoms. The minimum Gasteiger partial charge on any atom is -0.492 e. The van der Waals surface area contributed by atoms with Gasteiger partial charge in [0, 0.05) is 0 Å². The number of hydrogen-bond donors (Lipinski definition) is 2. The van der Waals surface area contributed by atoms with Crippen LogP contribution in [0.15, 0.2) is 72.8 Å². The van der Waals surface area contributed by atoms with Gasteiger partial charge in [0.2, 0.25) is 0 Å². The van der Waals surface area contributed by atoms with E-state index in [1.54, 1.807) is 30.3 Å². The van der Waals surface area contributed by atoms with Crippen LogP contribution in [0.1, 0.15) is 6.92 Å². The number of halogens is 1. The van der Waals surface area contributed by atoms with E-state index in [0.29, 0.717) is 18.0 Å². The first-order valence-corrected chi connectivity index (χ1v) is 8.32. The van der Waals surface area contributed by atoms with Gasteiger partial charge >= 0.3 is 6.03 Å². The molecule has 2 amide bonds. The largest absolute Gasteiger partial charge is 0.492 e. The lowest BCUT2D eigenvalue weighted by Gasteiger charge is -2.13. The first-order chi connectivity index (χ1) is 12.7. The van der Waals surface area contributed by atoms with E-state index in [1.165, 1.54) is 6.07 Å². The molecule has 0 heterocycles. The van der Waals surface area contributed by atoms with E-state index < -0.39 is 11.8 Å². The lowest BCUT2D eigenvalue weighted by Crippen LogP contribution is -2.20. The molecule has 2 N–H and O–H groups in total. The van der Waals surface area contributed by atoms with Gasteiger partial charge in [-0.3, -0.25) is 0 Å². The lowest BCUT2D eigenvalue weighted by molar-refractivity contribution is 0.261. The molecule has 26 heavy (non-hydrogen) atoms. The zero-order chi connectivity index (χ0) is 18.4. The number of nitrogens with one attached hydrogen (secondary N) is 2. The Hall–Kier alpha value is -3.34. The van der Waals surface area contributed by atoms with Crippen molar-refractivity contribution in [2.24, 2.45) is 0 Å². The highest BCUT2D eigenvalue weighted by Gasteiger charge is 2.11. The fourth-order valence-corrected chi connectivity index (χ4v) is 2.55. The van der Waals surface area contributed by atoms with Crippen LogP contribution in [0.5, 0.6) is 5.75 Å². The Morgan fingerprint density at radius 1 is 0.885 bits per heavy atom.